The van der Waals surface area contributed by atoms with Gasteiger partial charge in [0.15, 0.2) is 13.9 Å². The van der Waals surface area contributed by atoms with Gasteiger partial charge >= 0.3 is 0 Å². The lowest BCUT2D eigenvalue weighted by atomic mass is 9.62. The highest BCUT2D eigenvalue weighted by molar-refractivity contribution is 7.22. The minimum atomic E-state index is -3.03. The van der Waals surface area contributed by atoms with Gasteiger partial charge in [0.05, 0.1) is 22.5 Å². The van der Waals surface area contributed by atoms with E-state index in [0.717, 1.165) is 39.7 Å². The lowest BCUT2D eigenvalue weighted by Gasteiger charge is -2.55. The molecule has 0 amide bonds. The molecular formula is C59H40N4Si. The van der Waals surface area contributed by atoms with Crippen LogP contribution in [0.4, 0.5) is 34.3 Å². The Hall–Kier alpha value is -8.12. The molecule has 0 atom stereocenters. The predicted molar refractivity (Wildman–Crippen MR) is 265 cm³/mol. The number of aromatic nitrogens is 2. The average molecular weight is 833 g/mol. The third-order valence-electron chi connectivity index (χ3n) is 13.7. The van der Waals surface area contributed by atoms with Crippen LogP contribution in [0.2, 0.25) is 0 Å². The van der Waals surface area contributed by atoms with Gasteiger partial charge < -0.3 is 4.90 Å². The van der Waals surface area contributed by atoms with Crippen LogP contribution in [0.25, 0.3) is 22.6 Å². The van der Waals surface area contributed by atoms with E-state index in [-0.39, 0.29) is 0 Å². The second-order valence-electron chi connectivity index (χ2n) is 16.8. The summed E-state index contributed by atoms with van der Waals surface area (Å²) in [6.45, 7) is 0. The Morgan fingerprint density at radius 2 is 0.734 bits per heavy atom. The fourth-order valence-electron chi connectivity index (χ4n) is 11.3. The summed E-state index contributed by atoms with van der Waals surface area (Å²) in [6, 6.07) is 89.2. The second kappa shape index (κ2) is 14.2. The predicted octanol–water partition coefficient (Wildman–Crippen LogP) is 11.5. The molecule has 0 radical (unpaired) electrons. The van der Waals surface area contributed by atoms with E-state index in [1.807, 2.05) is 6.07 Å². The van der Waals surface area contributed by atoms with Crippen LogP contribution in [0.15, 0.2) is 243 Å². The zero-order chi connectivity index (χ0) is 42.2. The zero-order valence-electron chi connectivity index (χ0n) is 34.9. The van der Waals surface area contributed by atoms with E-state index in [2.05, 4.69) is 246 Å². The maximum atomic E-state index is 5.44. The maximum absolute atomic E-state index is 5.44. The quantitative estimate of drug-likeness (QED) is 0.165. The van der Waals surface area contributed by atoms with E-state index in [0.29, 0.717) is 5.82 Å². The van der Waals surface area contributed by atoms with Gasteiger partial charge in [-0.2, -0.15) is 0 Å². The number of fused-ring (bicyclic) bond motifs is 14. The third kappa shape index (κ3) is 4.98. The summed E-state index contributed by atoms with van der Waals surface area (Å²) in [5.41, 5.74) is 13.2. The van der Waals surface area contributed by atoms with E-state index in [1.54, 1.807) is 0 Å². The van der Waals surface area contributed by atoms with Crippen LogP contribution in [0.1, 0.15) is 22.3 Å². The number of para-hydroxylation sites is 5. The summed E-state index contributed by atoms with van der Waals surface area (Å²) in [5.74, 6) is 1.51. The minimum absolute atomic E-state index is 0.660. The number of anilines is 6. The van der Waals surface area contributed by atoms with Crippen LogP contribution >= 0.6 is 0 Å². The Morgan fingerprint density at radius 1 is 0.328 bits per heavy atom. The molecule has 3 aliphatic heterocycles. The topological polar surface area (TPSA) is 32.3 Å². The van der Waals surface area contributed by atoms with Crippen molar-refractivity contribution in [3.8, 4) is 22.6 Å². The van der Waals surface area contributed by atoms with Gasteiger partial charge in [-0.3, -0.25) is 4.90 Å². The molecule has 4 nitrogen and oxygen atoms in total. The largest absolute Gasteiger partial charge is 0.311 e. The molecule has 300 valence electrons. The first-order valence-corrected chi connectivity index (χ1v) is 24.0. The minimum Gasteiger partial charge on any atom is -0.311 e. The van der Waals surface area contributed by atoms with E-state index in [1.165, 1.54) is 54.4 Å². The highest BCUT2D eigenvalue weighted by atomic mass is 28.3. The third-order valence-corrected chi connectivity index (χ3v) is 18.7. The van der Waals surface area contributed by atoms with Crippen LogP contribution in [-0.2, 0) is 5.41 Å². The number of hydrogen-bond acceptors (Lipinski definition) is 4. The fraction of sp³-hybridized carbons (Fsp3) is 0.0169. The molecule has 4 heterocycles. The Morgan fingerprint density at radius 3 is 1.27 bits per heavy atom. The van der Waals surface area contributed by atoms with Gasteiger partial charge in [-0.15, -0.1) is 0 Å². The van der Waals surface area contributed by atoms with Gasteiger partial charge in [-0.25, -0.2) is 9.97 Å². The first kappa shape index (κ1) is 36.5. The van der Waals surface area contributed by atoms with Crippen molar-refractivity contribution in [1.82, 2.24) is 9.97 Å². The van der Waals surface area contributed by atoms with Crippen molar-refractivity contribution in [3.63, 3.8) is 0 Å². The molecule has 10 aromatic rings. The van der Waals surface area contributed by atoms with E-state index < -0.39 is 13.5 Å². The molecule has 13 rings (SSSR count). The molecule has 0 fully saturated rings. The molecule has 0 aliphatic carbocycles. The van der Waals surface area contributed by atoms with Gasteiger partial charge in [0.25, 0.3) is 0 Å². The maximum Gasteiger partial charge on any atom is 0.184 e. The Balaban J connectivity index is 1.12. The van der Waals surface area contributed by atoms with E-state index in [4.69, 9.17) is 9.97 Å². The SMILES string of the molecule is c1ccc(-c2cc(N3c4ccccc4C4(c5ccccc53)c3ccccc3[Si]3(c5ccccc5N(c5ccccc5)c5ccccc53)c3ccccc34)nc(-c3ccccc3)n2)cc1. The van der Waals surface area contributed by atoms with Crippen molar-refractivity contribution in [3.05, 3.63) is 265 Å². The first-order chi connectivity index (χ1) is 31.8. The van der Waals surface area contributed by atoms with Crippen LogP contribution in [0.5, 0.6) is 0 Å². The van der Waals surface area contributed by atoms with Crippen LogP contribution in [-0.4, -0.2) is 18.0 Å². The molecule has 0 saturated carbocycles. The van der Waals surface area contributed by atoms with Crippen LogP contribution in [0, 0.1) is 0 Å². The van der Waals surface area contributed by atoms with Crippen molar-refractivity contribution >= 4 is 63.1 Å². The summed E-state index contributed by atoms with van der Waals surface area (Å²) in [7, 11) is -3.03. The average Bonchev–Trinajstić information content (AvgIpc) is 3.38. The van der Waals surface area contributed by atoms with Gasteiger partial charge in [0, 0.05) is 34.3 Å². The number of nitrogens with zero attached hydrogens (tertiary/aromatic N) is 4. The number of hydrogen-bond donors (Lipinski definition) is 0. The summed E-state index contributed by atoms with van der Waals surface area (Å²) in [6.07, 6.45) is 0. The van der Waals surface area contributed by atoms with Crippen molar-refractivity contribution in [1.29, 1.82) is 0 Å². The molecule has 64 heavy (non-hydrogen) atoms. The molecule has 3 aliphatic rings. The molecule has 9 aromatic carbocycles. The highest BCUT2D eigenvalue weighted by Gasteiger charge is 2.60. The lowest BCUT2D eigenvalue weighted by molar-refractivity contribution is 0.735. The summed E-state index contributed by atoms with van der Waals surface area (Å²) in [4.78, 5) is 15.5. The Kier molecular flexibility index (Phi) is 8.11. The van der Waals surface area contributed by atoms with Crippen molar-refractivity contribution < 1.29 is 0 Å². The monoisotopic (exact) mass is 832 g/mol. The second-order valence-corrected chi connectivity index (χ2v) is 20.5. The van der Waals surface area contributed by atoms with Crippen LogP contribution < -0.4 is 30.5 Å². The highest BCUT2D eigenvalue weighted by Crippen LogP contribution is 2.58. The molecule has 1 aromatic heterocycles. The van der Waals surface area contributed by atoms with Gasteiger partial charge in [0.2, 0.25) is 0 Å². The molecule has 0 saturated heterocycles. The van der Waals surface area contributed by atoms with Crippen LogP contribution in [0.3, 0.4) is 0 Å². The standard InChI is InChI=1S/C59H40N4Si/c1-4-22-41(23-5-1)48-40-57(61-58(60-48)42-24-6-2-7-25-42)63-49-32-14-10-28-44(49)59(45-29-11-15-33-50(45)63)46-30-12-18-36-53(46)64(54-37-19-13-31-47(54)59)55-38-20-16-34-51(55)62(43-26-8-3-9-27-43)52-35-17-21-39-56(52)64/h1-40H. The summed E-state index contributed by atoms with van der Waals surface area (Å²) in [5, 5.41) is 5.63. The van der Waals surface area contributed by atoms with Gasteiger partial charge in [-0.05, 0) is 79.4 Å². The fourth-order valence-corrected chi connectivity index (χ4v) is 17.0. The summed E-state index contributed by atoms with van der Waals surface area (Å²) < 4.78 is 0. The number of benzene rings is 9. The Labute approximate surface area is 374 Å². The van der Waals surface area contributed by atoms with Crippen molar-refractivity contribution in [2.75, 3.05) is 9.80 Å². The molecule has 2 spiro atoms. The lowest BCUT2D eigenvalue weighted by Crippen LogP contribution is -2.81. The molecule has 5 heteroatoms. The van der Waals surface area contributed by atoms with Gasteiger partial charge in [-0.1, -0.05) is 200 Å². The zero-order valence-corrected chi connectivity index (χ0v) is 35.9. The van der Waals surface area contributed by atoms with Crippen molar-refractivity contribution in [2.45, 2.75) is 5.41 Å². The normalized spacial score (nSPS) is 14.4. The molecule has 0 bridgehead atoms. The van der Waals surface area contributed by atoms with E-state index in [9.17, 15) is 0 Å². The summed E-state index contributed by atoms with van der Waals surface area (Å²) >= 11 is 0. The smallest absolute Gasteiger partial charge is 0.184 e. The number of rotatable bonds is 4. The molecule has 0 N–H and O–H groups in total. The van der Waals surface area contributed by atoms with Crippen molar-refractivity contribution in [2.24, 2.45) is 0 Å². The van der Waals surface area contributed by atoms with Gasteiger partial charge in [0.1, 0.15) is 5.82 Å². The first-order valence-electron chi connectivity index (χ1n) is 22.0. The Bertz CT molecular complexity index is 3220. The van der Waals surface area contributed by atoms with E-state index >= 15 is 0 Å². The molecular weight excluding hydrogens is 793 g/mol. The molecule has 0 unspecified atom stereocenters.